The molecule has 0 unspecified atom stereocenters. The number of rotatable bonds is 6. The average Bonchev–Trinajstić information content (AvgIpc) is 2.59. The second-order valence-electron chi connectivity index (χ2n) is 4.77. The molecule has 2 rings (SSSR count). The van der Waals surface area contributed by atoms with Crippen LogP contribution in [0.5, 0.6) is 5.75 Å². The second kappa shape index (κ2) is 7.24. The Morgan fingerprint density at radius 3 is 2.83 bits per heavy atom. The van der Waals surface area contributed by atoms with Crippen molar-refractivity contribution in [1.29, 1.82) is 5.26 Å². The van der Waals surface area contributed by atoms with E-state index in [1.807, 2.05) is 0 Å². The molecule has 0 bridgehead atoms. The third kappa shape index (κ3) is 3.96. The molecule has 0 aliphatic heterocycles. The summed E-state index contributed by atoms with van der Waals surface area (Å²) in [4.78, 5) is 10.2. The molecule has 0 heterocycles. The monoisotopic (exact) mass is 313 g/mol. The fourth-order valence-electron chi connectivity index (χ4n) is 2.08. The third-order valence-electron chi connectivity index (χ3n) is 3.29. The molecule has 0 fully saturated rings. The first-order chi connectivity index (χ1) is 11.0. The zero-order chi connectivity index (χ0) is 16.8. The Morgan fingerprint density at radius 2 is 2.17 bits per heavy atom. The molecule has 0 spiro atoms. The molecule has 0 radical (unpaired) electrons. The van der Waals surface area contributed by atoms with Crippen LogP contribution in [0, 0.1) is 21.4 Å². The Morgan fingerprint density at radius 1 is 1.39 bits per heavy atom. The van der Waals surface area contributed by atoms with E-state index in [4.69, 9.17) is 10.00 Å². The molecule has 0 amide bonds. The van der Waals surface area contributed by atoms with E-state index in [0.29, 0.717) is 17.0 Å². The quantitative estimate of drug-likeness (QED) is 0.627. The smallest absolute Gasteiger partial charge is 0.287 e. The lowest BCUT2D eigenvalue weighted by Gasteiger charge is -2.14. The molecule has 0 aliphatic rings. The number of aliphatic hydroxyl groups is 1. The molecule has 1 atom stereocenters. The summed E-state index contributed by atoms with van der Waals surface area (Å²) in [6.45, 7) is 0.190. The van der Waals surface area contributed by atoms with Gasteiger partial charge in [0.1, 0.15) is 17.4 Å². The van der Waals surface area contributed by atoms with Crippen LogP contribution < -0.4 is 10.1 Å². The molecule has 118 valence electrons. The number of nitrogens with one attached hydrogen (secondary N) is 1. The standard InChI is InChI=1S/C16H15N3O4/c1-23-14-4-2-3-11(8-14)16(20)10-18-13-5-6-15(19(21)22)12(7-13)9-17/h2-8,16,18,20H,10H2,1H3/t16-/m0/s1. The highest BCUT2D eigenvalue weighted by Crippen LogP contribution is 2.23. The lowest BCUT2D eigenvalue weighted by atomic mass is 10.1. The van der Waals surface area contributed by atoms with Gasteiger partial charge in [-0.2, -0.15) is 5.26 Å². The van der Waals surface area contributed by atoms with E-state index < -0.39 is 11.0 Å². The normalized spacial score (nSPS) is 11.3. The Bertz CT molecular complexity index is 755. The van der Waals surface area contributed by atoms with E-state index in [2.05, 4.69) is 5.32 Å². The van der Waals surface area contributed by atoms with Crippen LogP contribution in [0.15, 0.2) is 42.5 Å². The van der Waals surface area contributed by atoms with Crippen LogP contribution in [-0.2, 0) is 0 Å². The van der Waals surface area contributed by atoms with E-state index in [0.717, 1.165) is 0 Å². The summed E-state index contributed by atoms with van der Waals surface area (Å²) in [6, 6.07) is 13.0. The van der Waals surface area contributed by atoms with Crippen molar-refractivity contribution in [2.75, 3.05) is 19.0 Å². The van der Waals surface area contributed by atoms with Crippen molar-refractivity contribution in [1.82, 2.24) is 0 Å². The van der Waals surface area contributed by atoms with Crippen LogP contribution in [0.4, 0.5) is 11.4 Å². The molecule has 2 aromatic carbocycles. The van der Waals surface area contributed by atoms with Crippen molar-refractivity contribution in [3.63, 3.8) is 0 Å². The van der Waals surface area contributed by atoms with E-state index in [1.165, 1.54) is 18.2 Å². The van der Waals surface area contributed by atoms with Crippen molar-refractivity contribution in [3.8, 4) is 11.8 Å². The molecule has 7 heteroatoms. The summed E-state index contributed by atoms with van der Waals surface area (Å²) in [5.41, 5.74) is 0.927. The SMILES string of the molecule is COc1cccc([C@@H](O)CNc2ccc([N+](=O)[O-])c(C#N)c2)c1. The number of nitro benzene ring substituents is 1. The first-order valence-corrected chi connectivity index (χ1v) is 6.79. The van der Waals surface area contributed by atoms with Crippen molar-refractivity contribution >= 4 is 11.4 Å². The Kier molecular flexibility index (Phi) is 5.12. The molecular formula is C16H15N3O4. The van der Waals surface area contributed by atoms with Crippen molar-refractivity contribution < 1.29 is 14.8 Å². The Labute approximate surface area is 132 Å². The van der Waals surface area contributed by atoms with Gasteiger partial charge in [-0.1, -0.05) is 12.1 Å². The zero-order valence-electron chi connectivity index (χ0n) is 12.4. The molecule has 0 aromatic heterocycles. The number of hydrogen-bond donors (Lipinski definition) is 2. The van der Waals surface area contributed by atoms with Gasteiger partial charge in [-0.25, -0.2) is 0 Å². The maximum absolute atomic E-state index is 10.8. The van der Waals surface area contributed by atoms with E-state index in [-0.39, 0.29) is 17.8 Å². The van der Waals surface area contributed by atoms with E-state index in [1.54, 1.807) is 37.4 Å². The maximum Gasteiger partial charge on any atom is 0.287 e. The predicted molar refractivity (Wildman–Crippen MR) is 84.3 cm³/mol. The van der Waals surface area contributed by atoms with E-state index in [9.17, 15) is 15.2 Å². The third-order valence-corrected chi connectivity index (χ3v) is 3.29. The highest BCUT2D eigenvalue weighted by molar-refractivity contribution is 5.58. The number of aliphatic hydroxyl groups excluding tert-OH is 1. The van der Waals surface area contributed by atoms with Gasteiger partial charge in [0.2, 0.25) is 0 Å². The van der Waals surface area contributed by atoms with Crippen LogP contribution in [0.25, 0.3) is 0 Å². The molecule has 7 nitrogen and oxygen atoms in total. The molecule has 2 aromatic rings. The fourth-order valence-corrected chi connectivity index (χ4v) is 2.08. The fraction of sp³-hybridized carbons (Fsp3) is 0.188. The van der Waals surface area contributed by atoms with Crippen molar-refractivity contribution in [3.05, 3.63) is 63.7 Å². The van der Waals surface area contributed by atoms with Gasteiger partial charge in [0.25, 0.3) is 5.69 Å². The second-order valence-corrected chi connectivity index (χ2v) is 4.77. The van der Waals surface area contributed by atoms with Gasteiger partial charge in [-0.3, -0.25) is 10.1 Å². The number of anilines is 1. The molecule has 2 N–H and O–H groups in total. The van der Waals surface area contributed by atoms with Crippen molar-refractivity contribution in [2.24, 2.45) is 0 Å². The molecule has 0 saturated heterocycles. The van der Waals surface area contributed by atoms with E-state index >= 15 is 0 Å². The molecule has 0 saturated carbocycles. The summed E-state index contributed by atoms with van der Waals surface area (Å²) in [5.74, 6) is 0.642. The number of hydrogen-bond acceptors (Lipinski definition) is 6. The largest absolute Gasteiger partial charge is 0.497 e. The molecule has 0 aliphatic carbocycles. The summed E-state index contributed by atoms with van der Waals surface area (Å²) >= 11 is 0. The Balaban J connectivity index is 2.08. The first kappa shape index (κ1) is 16.3. The number of nitriles is 1. The van der Waals surface area contributed by atoms with Crippen LogP contribution in [0.1, 0.15) is 17.2 Å². The Hall–Kier alpha value is -3.11. The number of ether oxygens (including phenoxy) is 1. The lowest BCUT2D eigenvalue weighted by molar-refractivity contribution is -0.385. The van der Waals surface area contributed by atoms with Gasteiger partial charge < -0.3 is 15.2 Å². The number of benzene rings is 2. The summed E-state index contributed by atoms with van der Waals surface area (Å²) in [5, 5.41) is 32.9. The zero-order valence-corrected chi connectivity index (χ0v) is 12.4. The average molecular weight is 313 g/mol. The predicted octanol–water partition coefficient (Wildman–Crippen LogP) is 2.62. The van der Waals surface area contributed by atoms with Gasteiger partial charge in [-0.05, 0) is 29.8 Å². The molecular weight excluding hydrogens is 298 g/mol. The highest BCUT2D eigenvalue weighted by atomic mass is 16.6. The van der Waals surface area contributed by atoms with Crippen LogP contribution in [0.3, 0.4) is 0 Å². The van der Waals surface area contributed by atoms with Gasteiger partial charge in [0, 0.05) is 18.3 Å². The first-order valence-electron chi connectivity index (χ1n) is 6.79. The van der Waals surface area contributed by atoms with Crippen molar-refractivity contribution in [2.45, 2.75) is 6.10 Å². The number of methoxy groups -OCH3 is 1. The van der Waals surface area contributed by atoms with Crippen LogP contribution in [-0.4, -0.2) is 23.7 Å². The van der Waals surface area contributed by atoms with Gasteiger partial charge in [0.15, 0.2) is 0 Å². The number of nitrogens with zero attached hydrogens (tertiary/aromatic N) is 2. The molecule has 23 heavy (non-hydrogen) atoms. The minimum Gasteiger partial charge on any atom is -0.497 e. The summed E-state index contributed by atoms with van der Waals surface area (Å²) in [6.07, 6.45) is -0.786. The topological polar surface area (TPSA) is 108 Å². The highest BCUT2D eigenvalue weighted by Gasteiger charge is 2.14. The van der Waals surface area contributed by atoms with Crippen LogP contribution >= 0.6 is 0 Å². The lowest BCUT2D eigenvalue weighted by Crippen LogP contribution is -2.12. The van der Waals surface area contributed by atoms with Gasteiger partial charge in [0.05, 0.1) is 18.1 Å². The van der Waals surface area contributed by atoms with Gasteiger partial charge >= 0.3 is 0 Å². The van der Waals surface area contributed by atoms with Gasteiger partial charge in [-0.15, -0.1) is 0 Å². The number of nitro groups is 1. The summed E-state index contributed by atoms with van der Waals surface area (Å²) in [7, 11) is 1.55. The summed E-state index contributed by atoms with van der Waals surface area (Å²) < 4.78 is 5.10. The minimum atomic E-state index is -0.786. The van der Waals surface area contributed by atoms with Crippen LogP contribution in [0.2, 0.25) is 0 Å². The minimum absolute atomic E-state index is 0.0316. The maximum atomic E-state index is 10.8.